The van der Waals surface area contributed by atoms with Crippen LogP contribution in [0, 0.1) is 0 Å². The molecule has 0 aliphatic heterocycles. The van der Waals surface area contributed by atoms with E-state index < -0.39 is 7.12 Å². The first-order valence-corrected chi connectivity index (χ1v) is 25.4. The van der Waals surface area contributed by atoms with Crippen LogP contribution in [0.1, 0.15) is 7.43 Å². The summed E-state index contributed by atoms with van der Waals surface area (Å²) < 4.78 is 1.09. The number of hydrogen-bond donors (Lipinski definition) is 2. The molecular weight excluding hydrogens is 979 g/mol. The third kappa shape index (κ3) is 12.4. The summed E-state index contributed by atoms with van der Waals surface area (Å²) in [5.41, 5.74) is 14.8. The van der Waals surface area contributed by atoms with Crippen LogP contribution in [0.15, 0.2) is 308 Å². The molecule has 0 amide bonds. The average Bonchev–Trinajstić information content (AvgIpc) is 3.47. The molecule has 6 heteroatoms. The smallest absolute Gasteiger partial charge is 0.423 e. The second-order valence-electron chi connectivity index (χ2n) is 17.7. The third-order valence-electron chi connectivity index (χ3n) is 12.9. The predicted octanol–water partition coefficient (Wildman–Crippen LogP) is 18.4. The molecule has 0 atom stereocenters. The largest absolute Gasteiger partial charge is 0.489 e. The van der Waals surface area contributed by atoms with Crippen molar-refractivity contribution in [1.29, 1.82) is 0 Å². The summed E-state index contributed by atoms with van der Waals surface area (Å²) in [6.07, 6.45) is 0. The zero-order chi connectivity index (χ0) is 50.5. The molecule has 0 spiro atoms. The van der Waals surface area contributed by atoms with Crippen molar-refractivity contribution >= 4 is 84.2 Å². The molecule has 0 bridgehead atoms. The predicted molar refractivity (Wildman–Crippen MR) is 324 cm³/mol. The molecule has 12 aromatic carbocycles. The Morgan fingerprint density at radius 2 is 0.560 bits per heavy atom. The lowest BCUT2D eigenvalue weighted by atomic mass is 9.77. The fourth-order valence-corrected chi connectivity index (χ4v) is 9.51. The average molecular weight is 1040 g/mol. The van der Waals surface area contributed by atoms with Crippen molar-refractivity contribution in [3.8, 4) is 33.4 Å². The molecule has 0 aromatic heterocycles. The highest BCUT2D eigenvalue weighted by atomic mass is 79.9. The fraction of sp³-hybridized carbons (Fsp3) is 0.0145. The van der Waals surface area contributed by atoms with Gasteiger partial charge in [0, 0.05) is 38.6 Å². The van der Waals surface area contributed by atoms with Gasteiger partial charge in [0.1, 0.15) is 0 Å². The van der Waals surface area contributed by atoms with Gasteiger partial charge in [-0.15, -0.1) is 0 Å². The van der Waals surface area contributed by atoms with Crippen LogP contribution in [-0.2, 0) is 0 Å². The standard InChI is InChI=1S/C34H25N.C24H18BrN.C10H9BO2.CH4/c1-3-12-30(13-4-1)35(31-14-5-2-6-15-31)32-24-22-27(23-25-32)26-18-20-29(21-19-26)34-17-9-11-28-10-7-8-16-33(28)34;25-21-15-11-19(12-16-21)20-13-17-24(18-14-20)26(22-7-3-1-4-8-22)23-9-5-2-6-10-23;12-11(13)10-7-3-5-8-4-1-2-6-9(8)10;/h1-25H;1-18H;1-7,12-13H;1H4. The van der Waals surface area contributed by atoms with Gasteiger partial charge in [0.25, 0.3) is 0 Å². The van der Waals surface area contributed by atoms with Gasteiger partial charge in [-0.3, -0.25) is 0 Å². The monoisotopic (exact) mass is 1030 g/mol. The number of anilines is 6. The fourth-order valence-electron chi connectivity index (χ4n) is 9.25. The SMILES string of the molecule is Brc1ccc(-c2ccc(N(c3ccccc3)c3ccccc3)cc2)cc1.C.OB(O)c1cccc2ccccc12.c1ccc(N(c2ccccc2)c2ccc(-c3ccc(-c4cccc5ccccc45)cc3)cc2)cc1. The van der Waals surface area contributed by atoms with Crippen LogP contribution in [-0.4, -0.2) is 17.2 Å². The number of rotatable bonds is 10. The Bertz CT molecular complexity index is 3590. The van der Waals surface area contributed by atoms with Gasteiger partial charge >= 0.3 is 7.12 Å². The van der Waals surface area contributed by atoms with Crippen LogP contribution in [0.5, 0.6) is 0 Å². The Kier molecular flexibility index (Phi) is 16.9. The maximum atomic E-state index is 9.08. The summed E-state index contributed by atoms with van der Waals surface area (Å²) >= 11 is 3.49. The van der Waals surface area contributed by atoms with Crippen molar-refractivity contribution < 1.29 is 10.0 Å². The Balaban J connectivity index is 0.000000151. The maximum absolute atomic E-state index is 9.08. The topological polar surface area (TPSA) is 46.9 Å². The van der Waals surface area contributed by atoms with Gasteiger partial charge in [-0.25, -0.2) is 0 Å². The van der Waals surface area contributed by atoms with E-state index >= 15 is 0 Å². The molecule has 0 fully saturated rings. The second kappa shape index (κ2) is 24.8. The number of para-hydroxylation sites is 4. The van der Waals surface area contributed by atoms with E-state index in [1.54, 1.807) is 6.07 Å². The normalized spacial score (nSPS) is 10.5. The van der Waals surface area contributed by atoms with Crippen molar-refractivity contribution in [2.24, 2.45) is 0 Å². The summed E-state index contributed by atoms with van der Waals surface area (Å²) in [4.78, 5) is 4.55. The van der Waals surface area contributed by atoms with Gasteiger partial charge in [-0.1, -0.05) is 242 Å². The maximum Gasteiger partial charge on any atom is 0.489 e. The second-order valence-corrected chi connectivity index (χ2v) is 18.6. The Morgan fingerprint density at radius 3 is 0.973 bits per heavy atom. The molecule has 2 N–H and O–H groups in total. The zero-order valence-corrected chi connectivity index (χ0v) is 42.2. The summed E-state index contributed by atoms with van der Waals surface area (Å²) in [6, 6.07) is 105. The molecule has 0 heterocycles. The van der Waals surface area contributed by atoms with Crippen LogP contribution < -0.4 is 15.3 Å². The molecule has 12 aromatic rings. The van der Waals surface area contributed by atoms with E-state index in [2.05, 4.69) is 274 Å². The first-order chi connectivity index (χ1) is 36.5. The van der Waals surface area contributed by atoms with Crippen LogP contribution >= 0.6 is 15.9 Å². The van der Waals surface area contributed by atoms with Gasteiger partial charge in [-0.05, 0) is 145 Å². The number of benzene rings is 12. The van der Waals surface area contributed by atoms with Crippen LogP contribution in [0.2, 0.25) is 0 Å². The summed E-state index contributed by atoms with van der Waals surface area (Å²) in [7, 11) is -1.40. The van der Waals surface area contributed by atoms with Gasteiger partial charge in [-0.2, -0.15) is 0 Å². The highest BCUT2D eigenvalue weighted by Gasteiger charge is 2.15. The number of halogens is 1. The van der Waals surface area contributed by atoms with Crippen LogP contribution in [0.3, 0.4) is 0 Å². The summed E-state index contributed by atoms with van der Waals surface area (Å²) in [5, 5.41) is 22.6. The minimum Gasteiger partial charge on any atom is -0.423 e. The minimum absolute atomic E-state index is 0. The Morgan fingerprint density at radius 1 is 0.267 bits per heavy atom. The molecule has 12 rings (SSSR count). The van der Waals surface area contributed by atoms with E-state index in [4.69, 9.17) is 10.0 Å². The Hall–Kier alpha value is -8.78. The number of hydrogen-bond acceptors (Lipinski definition) is 4. The van der Waals surface area contributed by atoms with Gasteiger partial charge in [0.05, 0.1) is 0 Å². The molecule has 4 nitrogen and oxygen atoms in total. The first kappa shape index (κ1) is 51.1. The van der Waals surface area contributed by atoms with E-state index in [9.17, 15) is 0 Å². The lowest BCUT2D eigenvalue weighted by Crippen LogP contribution is -2.30. The van der Waals surface area contributed by atoms with Gasteiger partial charge < -0.3 is 19.8 Å². The van der Waals surface area contributed by atoms with Gasteiger partial charge in [0.2, 0.25) is 0 Å². The van der Waals surface area contributed by atoms with Crippen molar-refractivity contribution in [3.63, 3.8) is 0 Å². The minimum atomic E-state index is -1.40. The van der Waals surface area contributed by atoms with Crippen LogP contribution in [0.4, 0.5) is 34.1 Å². The molecule has 0 unspecified atom stereocenters. The molecule has 0 saturated heterocycles. The van der Waals surface area contributed by atoms with Gasteiger partial charge in [0.15, 0.2) is 0 Å². The number of fused-ring (bicyclic) bond motifs is 2. The Labute approximate surface area is 450 Å². The lowest BCUT2D eigenvalue weighted by molar-refractivity contribution is 0.426. The molecule has 75 heavy (non-hydrogen) atoms. The van der Waals surface area contributed by atoms with E-state index in [0.717, 1.165) is 49.4 Å². The first-order valence-electron chi connectivity index (χ1n) is 24.7. The van der Waals surface area contributed by atoms with E-state index in [1.807, 2.05) is 48.5 Å². The van der Waals surface area contributed by atoms with Crippen molar-refractivity contribution in [3.05, 3.63) is 308 Å². The molecule has 0 radical (unpaired) electrons. The van der Waals surface area contributed by atoms with E-state index in [-0.39, 0.29) is 7.43 Å². The third-order valence-corrected chi connectivity index (χ3v) is 13.4. The number of nitrogens with zero attached hydrogens (tertiary/aromatic N) is 2. The molecule has 0 saturated carbocycles. The highest BCUT2D eigenvalue weighted by Crippen LogP contribution is 2.38. The molecule has 0 aliphatic carbocycles. The van der Waals surface area contributed by atoms with Crippen molar-refractivity contribution in [2.75, 3.05) is 9.80 Å². The summed E-state index contributed by atoms with van der Waals surface area (Å²) in [5.74, 6) is 0. The highest BCUT2D eigenvalue weighted by molar-refractivity contribution is 9.10. The van der Waals surface area contributed by atoms with Crippen LogP contribution in [0.25, 0.3) is 54.9 Å². The van der Waals surface area contributed by atoms with Crippen molar-refractivity contribution in [2.45, 2.75) is 7.43 Å². The molecule has 364 valence electrons. The quantitative estimate of drug-likeness (QED) is 0.134. The van der Waals surface area contributed by atoms with E-state index in [0.29, 0.717) is 5.46 Å². The van der Waals surface area contributed by atoms with E-state index in [1.165, 1.54) is 44.2 Å². The summed E-state index contributed by atoms with van der Waals surface area (Å²) in [6.45, 7) is 0. The zero-order valence-electron chi connectivity index (χ0n) is 40.6. The van der Waals surface area contributed by atoms with Crippen molar-refractivity contribution in [1.82, 2.24) is 0 Å². The molecule has 0 aliphatic rings. The molecular formula is C69H56BBrN2O2. The lowest BCUT2D eigenvalue weighted by Gasteiger charge is -2.25.